The maximum Gasteiger partial charge on any atom is 0.524 e. The third-order valence-corrected chi connectivity index (χ3v) is 2.17. The van der Waals surface area contributed by atoms with Crippen LogP contribution in [0, 0.1) is 0 Å². The molecule has 0 spiro atoms. The van der Waals surface area contributed by atoms with Crippen LogP contribution in [0.3, 0.4) is 0 Å². The van der Waals surface area contributed by atoms with Crippen molar-refractivity contribution in [3.8, 4) is 5.75 Å². The van der Waals surface area contributed by atoms with Crippen molar-refractivity contribution in [3.63, 3.8) is 0 Å². The molecule has 0 aliphatic rings. The van der Waals surface area contributed by atoms with Crippen LogP contribution in [0.25, 0.3) is 0 Å². The number of benzene rings is 1. The van der Waals surface area contributed by atoms with E-state index < -0.39 is 7.82 Å². The quantitative estimate of drug-likeness (QED) is 0.563. The number of anilines is 1. The lowest BCUT2D eigenvalue weighted by Gasteiger charge is -2.08. The predicted octanol–water partition coefficient (Wildman–Crippen LogP) is 1.67. The minimum Gasteiger partial charge on any atom is -0.404 e. The van der Waals surface area contributed by atoms with Crippen LogP contribution >= 0.6 is 7.82 Å². The van der Waals surface area contributed by atoms with Gasteiger partial charge < -0.3 is 9.84 Å². The summed E-state index contributed by atoms with van der Waals surface area (Å²) >= 11 is 0. The van der Waals surface area contributed by atoms with Crippen molar-refractivity contribution in [1.82, 2.24) is 0 Å². The zero-order chi connectivity index (χ0) is 13.1. The summed E-state index contributed by atoms with van der Waals surface area (Å²) in [6, 6.07) is 5.61. The van der Waals surface area contributed by atoms with Crippen LogP contribution in [-0.4, -0.2) is 15.7 Å². The fraction of sp³-hybridized carbons (Fsp3) is 0.100. The van der Waals surface area contributed by atoms with E-state index in [9.17, 15) is 9.36 Å². The molecule has 0 unspecified atom stereocenters. The van der Waals surface area contributed by atoms with E-state index in [4.69, 9.17) is 9.79 Å². The largest absolute Gasteiger partial charge is 0.524 e. The monoisotopic (exact) mass is 257 g/mol. The molecule has 7 heteroatoms. The van der Waals surface area contributed by atoms with Gasteiger partial charge in [0.25, 0.3) is 5.91 Å². The zero-order valence-corrected chi connectivity index (χ0v) is 9.98. The normalized spacial score (nSPS) is 10.8. The Labute approximate surface area is 98.2 Å². The molecular formula is C10H12NO5P. The van der Waals surface area contributed by atoms with Crippen LogP contribution in [0.4, 0.5) is 5.69 Å². The Morgan fingerprint density at radius 1 is 1.35 bits per heavy atom. The average molecular weight is 257 g/mol. The highest BCUT2D eigenvalue weighted by Gasteiger charge is 2.15. The molecule has 0 heterocycles. The van der Waals surface area contributed by atoms with Gasteiger partial charge in [0.15, 0.2) is 0 Å². The van der Waals surface area contributed by atoms with Gasteiger partial charge in [0.05, 0.1) is 0 Å². The molecular weight excluding hydrogens is 245 g/mol. The number of hydrogen-bond acceptors (Lipinski definition) is 3. The Morgan fingerprint density at radius 2 is 1.88 bits per heavy atom. The van der Waals surface area contributed by atoms with Gasteiger partial charge in [-0.3, -0.25) is 14.6 Å². The molecule has 3 N–H and O–H groups in total. The summed E-state index contributed by atoms with van der Waals surface area (Å²) in [6.45, 7) is 5.05. The van der Waals surface area contributed by atoms with E-state index in [2.05, 4.69) is 16.4 Å². The highest BCUT2D eigenvalue weighted by Crippen LogP contribution is 2.37. The first-order valence-electron chi connectivity index (χ1n) is 4.60. The number of carbonyl (C=O) groups excluding carboxylic acids is 1. The summed E-state index contributed by atoms with van der Waals surface area (Å²) in [7, 11) is -4.55. The summed E-state index contributed by atoms with van der Waals surface area (Å²) in [6.07, 6.45) is 0. The van der Waals surface area contributed by atoms with Crippen LogP contribution in [0.15, 0.2) is 36.4 Å². The molecule has 0 radical (unpaired) electrons. The minimum atomic E-state index is -4.55. The molecule has 1 amide bonds. The van der Waals surface area contributed by atoms with Gasteiger partial charge in [-0.15, -0.1) is 0 Å². The maximum atomic E-state index is 11.3. The van der Waals surface area contributed by atoms with E-state index in [-0.39, 0.29) is 11.7 Å². The van der Waals surface area contributed by atoms with Gasteiger partial charge in [-0.2, -0.15) is 0 Å². The number of amides is 1. The number of nitrogens with one attached hydrogen (secondary N) is 1. The van der Waals surface area contributed by atoms with Crippen molar-refractivity contribution in [2.45, 2.75) is 6.92 Å². The molecule has 0 aliphatic carbocycles. The summed E-state index contributed by atoms with van der Waals surface area (Å²) < 4.78 is 14.9. The number of rotatable bonds is 4. The van der Waals surface area contributed by atoms with Crippen molar-refractivity contribution >= 4 is 19.4 Å². The highest BCUT2D eigenvalue weighted by molar-refractivity contribution is 7.46. The van der Waals surface area contributed by atoms with Gasteiger partial charge in [-0.05, 0) is 31.2 Å². The molecule has 0 saturated carbocycles. The van der Waals surface area contributed by atoms with Crippen molar-refractivity contribution in [2.75, 3.05) is 5.32 Å². The molecule has 6 nitrogen and oxygen atoms in total. The third-order valence-electron chi connectivity index (χ3n) is 1.72. The lowest BCUT2D eigenvalue weighted by molar-refractivity contribution is -0.112. The number of phosphoric ester groups is 1. The van der Waals surface area contributed by atoms with Gasteiger partial charge in [0.2, 0.25) is 0 Å². The molecule has 0 fully saturated rings. The van der Waals surface area contributed by atoms with E-state index in [1.165, 1.54) is 24.3 Å². The van der Waals surface area contributed by atoms with E-state index in [0.717, 1.165) is 0 Å². The Balaban J connectivity index is 2.72. The van der Waals surface area contributed by atoms with Crippen LogP contribution < -0.4 is 9.84 Å². The summed E-state index contributed by atoms with van der Waals surface area (Å²) in [5, 5.41) is 2.54. The number of phosphoric acid groups is 1. The predicted molar refractivity (Wildman–Crippen MR) is 62.6 cm³/mol. The first-order valence-corrected chi connectivity index (χ1v) is 6.13. The standard InChI is InChI=1S/C10H12NO5P/c1-7(2)10(12)11-8-3-5-9(6-4-8)16-17(13,14)15/h3-6H,1H2,2H3,(H,11,12)(H2,13,14,15). The molecule has 92 valence electrons. The minimum absolute atomic E-state index is 0.0201. The lowest BCUT2D eigenvalue weighted by atomic mass is 10.2. The second-order valence-electron chi connectivity index (χ2n) is 3.34. The van der Waals surface area contributed by atoms with E-state index in [0.29, 0.717) is 11.3 Å². The molecule has 1 aromatic carbocycles. The Morgan fingerprint density at radius 3 is 2.29 bits per heavy atom. The SMILES string of the molecule is C=C(C)C(=O)Nc1ccc(OP(=O)(O)O)cc1. The smallest absolute Gasteiger partial charge is 0.404 e. The summed E-state index contributed by atoms with van der Waals surface area (Å²) in [4.78, 5) is 28.4. The maximum absolute atomic E-state index is 11.3. The second kappa shape index (κ2) is 5.14. The average Bonchev–Trinajstić information content (AvgIpc) is 2.18. The van der Waals surface area contributed by atoms with Crippen molar-refractivity contribution < 1.29 is 23.7 Å². The molecule has 0 saturated heterocycles. The van der Waals surface area contributed by atoms with E-state index in [1.807, 2.05) is 0 Å². The molecule has 1 rings (SSSR count). The van der Waals surface area contributed by atoms with Gasteiger partial charge in [0, 0.05) is 11.3 Å². The topological polar surface area (TPSA) is 95.9 Å². The van der Waals surface area contributed by atoms with Crippen LogP contribution in [0.1, 0.15) is 6.92 Å². The van der Waals surface area contributed by atoms with Crippen LogP contribution in [0.5, 0.6) is 5.75 Å². The number of hydrogen-bond donors (Lipinski definition) is 3. The molecule has 1 aromatic rings. The van der Waals surface area contributed by atoms with Crippen LogP contribution in [0.2, 0.25) is 0 Å². The Hall–Kier alpha value is -1.62. The highest BCUT2D eigenvalue weighted by atomic mass is 31.2. The summed E-state index contributed by atoms with van der Waals surface area (Å²) in [5.74, 6) is -0.305. The van der Waals surface area contributed by atoms with E-state index in [1.54, 1.807) is 6.92 Å². The Kier molecular flexibility index (Phi) is 4.07. The Bertz CT molecular complexity index is 476. The fourth-order valence-electron chi connectivity index (χ4n) is 0.974. The van der Waals surface area contributed by atoms with Crippen molar-refractivity contribution in [3.05, 3.63) is 36.4 Å². The first-order chi connectivity index (χ1) is 7.78. The molecule has 17 heavy (non-hydrogen) atoms. The van der Waals surface area contributed by atoms with E-state index >= 15 is 0 Å². The van der Waals surface area contributed by atoms with Gasteiger partial charge in [0.1, 0.15) is 5.75 Å². The van der Waals surface area contributed by atoms with Gasteiger partial charge in [-0.1, -0.05) is 6.58 Å². The van der Waals surface area contributed by atoms with Crippen LogP contribution in [-0.2, 0) is 9.36 Å². The summed E-state index contributed by atoms with van der Waals surface area (Å²) in [5.41, 5.74) is 0.844. The second-order valence-corrected chi connectivity index (χ2v) is 4.50. The molecule has 0 aliphatic heterocycles. The van der Waals surface area contributed by atoms with Gasteiger partial charge in [-0.25, -0.2) is 4.57 Å². The van der Waals surface area contributed by atoms with Crippen molar-refractivity contribution in [2.24, 2.45) is 0 Å². The first kappa shape index (κ1) is 13.4. The molecule has 0 bridgehead atoms. The third kappa shape index (κ3) is 4.82. The number of carbonyl (C=O) groups is 1. The molecule has 0 aromatic heterocycles. The fourth-order valence-corrected chi connectivity index (χ4v) is 1.37. The van der Waals surface area contributed by atoms with Gasteiger partial charge >= 0.3 is 7.82 Å². The van der Waals surface area contributed by atoms with Crippen molar-refractivity contribution in [1.29, 1.82) is 0 Å². The lowest BCUT2D eigenvalue weighted by Crippen LogP contribution is -2.11. The molecule has 0 atom stereocenters. The zero-order valence-electron chi connectivity index (χ0n) is 9.08.